The third-order valence-electron chi connectivity index (χ3n) is 5.41. The van der Waals surface area contributed by atoms with E-state index in [9.17, 15) is 20.1 Å². The summed E-state index contributed by atoms with van der Waals surface area (Å²) in [5.41, 5.74) is 0. The molecular weight excluding hydrogens is 344 g/mol. The topological polar surface area (TPSA) is 98.0 Å². The van der Waals surface area contributed by atoms with Crippen molar-refractivity contribution in [2.24, 2.45) is 11.8 Å². The summed E-state index contributed by atoms with van der Waals surface area (Å²) < 4.78 is 0. The quantitative estimate of drug-likeness (QED) is 0.270. The Bertz CT molecular complexity index is 460. The summed E-state index contributed by atoms with van der Waals surface area (Å²) in [5, 5.41) is 39.1. The van der Waals surface area contributed by atoms with Crippen LogP contribution in [0, 0.1) is 11.8 Å². The minimum absolute atomic E-state index is 0.0256. The average Bonchev–Trinajstić information content (AvgIpc) is 2.88. The first-order chi connectivity index (χ1) is 13.0. The second-order valence-corrected chi connectivity index (χ2v) is 7.76. The number of carboxylic acids is 1. The Labute approximate surface area is 163 Å². The van der Waals surface area contributed by atoms with Crippen LogP contribution in [0.3, 0.4) is 0 Å². The summed E-state index contributed by atoms with van der Waals surface area (Å²) in [7, 11) is 0. The molecule has 1 aliphatic rings. The van der Waals surface area contributed by atoms with Crippen LogP contribution < -0.4 is 0 Å². The lowest BCUT2D eigenvalue weighted by Gasteiger charge is -2.19. The summed E-state index contributed by atoms with van der Waals surface area (Å²) in [4.78, 5) is 10.5. The van der Waals surface area contributed by atoms with E-state index in [2.05, 4.69) is 19.1 Å². The number of carboxylic acid groups (broad SMARTS) is 1. The zero-order chi connectivity index (χ0) is 20.1. The van der Waals surface area contributed by atoms with Gasteiger partial charge in [0.1, 0.15) is 0 Å². The Morgan fingerprint density at radius 2 is 1.85 bits per heavy atom. The molecule has 1 aliphatic carbocycles. The van der Waals surface area contributed by atoms with Crippen molar-refractivity contribution in [1.29, 1.82) is 0 Å². The molecule has 0 aromatic rings. The van der Waals surface area contributed by atoms with Gasteiger partial charge in [-0.2, -0.15) is 0 Å². The van der Waals surface area contributed by atoms with Crippen LogP contribution in [-0.2, 0) is 4.79 Å². The van der Waals surface area contributed by atoms with Gasteiger partial charge in [0.25, 0.3) is 0 Å². The van der Waals surface area contributed by atoms with Crippen LogP contribution in [0.15, 0.2) is 24.3 Å². The molecule has 0 bridgehead atoms. The zero-order valence-corrected chi connectivity index (χ0v) is 16.7. The Morgan fingerprint density at radius 3 is 2.56 bits per heavy atom. The Hall–Kier alpha value is -1.17. The van der Waals surface area contributed by atoms with Crippen LogP contribution in [0.5, 0.6) is 0 Å². The third-order valence-corrected chi connectivity index (χ3v) is 5.41. The summed E-state index contributed by atoms with van der Waals surface area (Å²) >= 11 is 0. The van der Waals surface area contributed by atoms with Crippen LogP contribution in [0.4, 0.5) is 0 Å². The molecule has 1 rings (SSSR count). The van der Waals surface area contributed by atoms with E-state index in [0.29, 0.717) is 19.3 Å². The molecule has 0 aromatic heterocycles. The fraction of sp³-hybridized carbons (Fsp3) is 0.773. The van der Waals surface area contributed by atoms with E-state index >= 15 is 0 Å². The molecule has 27 heavy (non-hydrogen) atoms. The lowest BCUT2D eigenvalue weighted by Crippen LogP contribution is -2.20. The highest BCUT2D eigenvalue weighted by atomic mass is 16.4. The molecule has 0 unspecified atom stereocenters. The number of allylic oxidation sites excluding steroid dienone is 2. The van der Waals surface area contributed by atoms with Gasteiger partial charge in [-0.25, -0.2) is 0 Å². The van der Waals surface area contributed by atoms with E-state index in [0.717, 1.165) is 44.9 Å². The van der Waals surface area contributed by atoms with Gasteiger partial charge in [-0.15, -0.1) is 0 Å². The van der Waals surface area contributed by atoms with Gasteiger partial charge in [-0.3, -0.25) is 4.79 Å². The number of aliphatic hydroxyl groups excluding tert-OH is 3. The maximum atomic E-state index is 10.5. The van der Waals surface area contributed by atoms with Gasteiger partial charge in [-0.1, -0.05) is 56.9 Å². The maximum Gasteiger partial charge on any atom is 0.303 e. The van der Waals surface area contributed by atoms with Crippen molar-refractivity contribution in [2.45, 2.75) is 95.9 Å². The number of hydrogen-bond acceptors (Lipinski definition) is 4. The van der Waals surface area contributed by atoms with Gasteiger partial charge in [0.2, 0.25) is 0 Å². The van der Waals surface area contributed by atoms with Crippen LogP contribution >= 0.6 is 0 Å². The molecule has 4 N–H and O–H groups in total. The molecule has 0 aromatic carbocycles. The number of aliphatic hydroxyl groups is 3. The largest absolute Gasteiger partial charge is 0.481 e. The molecule has 5 atom stereocenters. The van der Waals surface area contributed by atoms with E-state index < -0.39 is 24.3 Å². The zero-order valence-electron chi connectivity index (χ0n) is 16.7. The monoisotopic (exact) mass is 382 g/mol. The number of hydrogen-bond donors (Lipinski definition) is 4. The first-order valence-electron chi connectivity index (χ1n) is 10.5. The minimum Gasteiger partial charge on any atom is -0.481 e. The molecular formula is C22H38O5. The second-order valence-electron chi connectivity index (χ2n) is 7.76. The van der Waals surface area contributed by atoms with Crippen molar-refractivity contribution in [2.75, 3.05) is 0 Å². The van der Waals surface area contributed by atoms with Gasteiger partial charge in [0, 0.05) is 18.8 Å². The number of rotatable bonds is 14. The van der Waals surface area contributed by atoms with Crippen LogP contribution in [-0.4, -0.2) is 44.7 Å². The summed E-state index contributed by atoms with van der Waals surface area (Å²) in [5.74, 6) is -0.891. The van der Waals surface area contributed by atoms with Crippen molar-refractivity contribution < 1.29 is 25.2 Å². The van der Waals surface area contributed by atoms with Crippen LogP contribution in [0.25, 0.3) is 0 Å². The Morgan fingerprint density at radius 1 is 1.07 bits per heavy atom. The van der Waals surface area contributed by atoms with Gasteiger partial charge in [-0.05, 0) is 38.0 Å². The summed E-state index contributed by atoms with van der Waals surface area (Å²) in [6, 6.07) is 0. The van der Waals surface area contributed by atoms with E-state index in [1.807, 2.05) is 6.08 Å². The van der Waals surface area contributed by atoms with Crippen LogP contribution in [0.2, 0.25) is 0 Å². The highest BCUT2D eigenvalue weighted by Crippen LogP contribution is 2.36. The highest BCUT2D eigenvalue weighted by molar-refractivity contribution is 5.66. The molecule has 1 fully saturated rings. The van der Waals surface area contributed by atoms with Crippen molar-refractivity contribution >= 4 is 5.97 Å². The number of aliphatic carboxylic acids is 1. The molecule has 1 saturated carbocycles. The molecule has 0 spiro atoms. The molecule has 0 aliphatic heterocycles. The fourth-order valence-electron chi connectivity index (χ4n) is 3.75. The van der Waals surface area contributed by atoms with Gasteiger partial charge in [0.05, 0.1) is 18.3 Å². The van der Waals surface area contributed by atoms with E-state index in [1.165, 1.54) is 0 Å². The Balaban J connectivity index is 2.37. The maximum absolute atomic E-state index is 10.5. The molecule has 156 valence electrons. The van der Waals surface area contributed by atoms with Crippen molar-refractivity contribution in [3.05, 3.63) is 24.3 Å². The summed E-state index contributed by atoms with van der Waals surface area (Å²) in [6.45, 7) is 2.13. The van der Waals surface area contributed by atoms with Crippen molar-refractivity contribution in [1.82, 2.24) is 0 Å². The average molecular weight is 383 g/mol. The Kier molecular flexibility index (Phi) is 12.3. The minimum atomic E-state index is -0.742. The first kappa shape index (κ1) is 23.9. The predicted octanol–water partition coefficient (Wildman–Crippen LogP) is 3.82. The normalized spacial score (nSPS) is 27.0. The molecule has 0 radical (unpaired) electrons. The van der Waals surface area contributed by atoms with Crippen molar-refractivity contribution in [3.8, 4) is 0 Å². The number of unbranched alkanes of at least 4 members (excludes halogenated alkanes) is 5. The lowest BCUT2D eigenvalue weighted by atomic mass is 9.89. The highest BCUT2D eigenvalue weighted by Gasteiger charge is 2.39. The van der Waals surface area contributed by atoms with Gasteiger partial charge >= 0.3 is 5.97 Å². The van der Waals surface area contributed by atoms with E-state index in [1.54, 1.807) is 6.08 Å². The molecule has 5 heteroatoms. The van der Waals surface area contributed by atoms with E-state index in [4.69, 9.17) is 5.11 Å². The standard InChI is InChI=1S/C22H38O5/c1-2-3-8-11-17(23)14-15-19-18(20(24)16-21(19)25)12-9-6-4-5-7-10-13-22(26)27/h6,9,14-15,17-21,23-25H,2-5,7-8,10-13,16H2,1H3,(H,26,27)/b9-6-,15-14+/t17-,18-,19+,20-,21+/m1/s1. The van der Waals surface area contributed by atoms with Gasteiger partial charge < -0.3 is 20.4 Å². The van der Waals surface area contributed by atoms with Crippen LogP contribution in [0.1, 0.15) is 77.6 Å². The molecule has 0 heterocycles. The second kappa shape index (κ2) is 13.9. The number of carbonyl (C=O) groups is 1. The van der Waals surface area contributed by atoms with Gasteiger partial charge in [0.15, 0.2) is 0 Å². The third kappa shape index (κ3) is 10.1. The molecule has 0 saturated heterocycles. The first-order valence-corrected chi connectivity index (χ1v) is 10.5. The van der Waals surface area contributed by atoms with Crippen molar-refractivity contribution in [3.63, 3.8) is 0 Å². The molecule has 5 nitrogen and oxygen atoms in total. The summed E-state index contributed by atoms with van der Waals surface area (Å²) in [6.07, 6.45) is 15.0. The molecule has 0 amide bonds. The lowest BCUT2D eigenvalue weighted by molar-refractivity contribution is -0.137. The SMILES string of the molecule is CCCCC[C@@H](O)/C=C/[C@H]1[C@@H](C/C=C\CCCCCC(=O)O)[C@H](O)C[C@@H]1O. The fourth-order valence-corrected chi connectivity index (χ4v) is 3.75. The smallest absolute Gasteiger partial charge is 0.303 e. The van der Waals surface area contributed by atoms with E-state index in [-0.39, 0.29) is 18.3 Å². The predicted molar refractivity (Wildman–Crippen MR) is 107 cm³/mol.